The Hall–Kier alpha value is -0.960. The van der Waals surface area contributed by atoms with Gasteiger partial charge >= 0.3 is 0 Å². The number of hydrogen-bond donors (Lipinski definition) is 1. The molecule has 88 valence electrons. The molecule has 0 aliphatic heterocycles. The van der Waals surface area contributed by atoms with Crippen LogP contribution in [-0.4, -0.2) is 12.6 Å². The Morgan fingerprint density at radius 2 is 2.12 bits per heavy atom. The van der Waals surface area contributed by atoms with Gasteiger partial charge in [-0.05, 0) is 43.4 Å². The summed E-state index contributed by atoms with van der Waals surface area (Å²) >= 11 is 0. The molecule has 3 heteroatoms. The average Bonchev–Trinajstić information content (AvgIpc) is 3.07. The first-order valence-corrected chi connectivity index (χ1v) is 5.88. The maximum absolute atomic E-state index is 13.5. The Morgan fingerprint density at radius 3 is 2.75 bits per heavy atom. The Kier molecular flexibility index (Phi) is 3.54. The summed E-state index contributed by atoms with van der Waals surface area (Å²) < 4.78 is 26.5. The van der Waals surface area contributed by atoms with E-state index in [0.29, 0.717) is 23.9 Å². The molecule has 1 fully saturated rings. The molecule has 1 unspecified atom stereocenters. The molecule has 1 N–H and O–H groups in total. The SMILES string of the molecule is CCNC(Cc1cccc(F)c1F)C1CC1. The van der Waals surface area contributed by atoms with Crippen molar-refractivity contribution in [1.82, 2.24) is 5.32 Å². The topological polar surface area (TPSA) is 12.0 Å². The molecule has 0 aromatic heterocycles. The first kappa shape index (κ1) is 11.5. The highest BCUT2D eigenvalue weighted by molar-refractivity contribution is 5.20. The summed E-state index contributed by atoms with van der Waals surface area (Å²) in [5.74, 6) is -0.794. The number of nitrogens with one attached hydrogen (secondary N) is 1. The van der Waals surface area contributed by atoms with Gasteiger partial charge in [-0.15, -0.1) is 0 Å². The second-order valence-electron chi connectivity index (χ2n) is 4.42. The van der Waals surface area contributed by atoms with E-state index in [1.807, 2.05) is 6.92 Å². The Balaban J connectivity index is 2.08. The van der Waals surface area contributed by atoms with Crippen molar-refractivity contribution in [2.75, 3.05) is 6.54 Å². The van der Waals surface area contributed by atoms with Crippen molar-refractivity contribution in [3.63, 3.8) is 0 Å². The lowest BCUT2D eigenvalue weighted by molar-refractivity contribution is 0.449. The van der Waals surface area contributed by atoms with Gasteiger partial charge in [0.25, 0.3) is 0 Å². The fourth-order valence-corrected chi connectivity index (χ4v) is 2.11. The molecular formula is C13H17F2N. The minimum Gasteiger partial charge on any atom is -0.314 e. The van der Waals surface area contributed by atoms with Crippen LogP contribution >= 0.6 is 0 Å². The number of halogens is 2. The van der Waals surface area contributed by atoms with E-state index in [1.165, 1.54) is 12.8 Å². The first-order valence-electron chi connectivity index (χ1n) is 5.88. The zero-order valence-corrected chi connectivity index (χ0v) is 9.47. The molecular weight excluding hydrogens is 208 g/mol. The molecule has 1 aliphatic carbocycles. The van der Waals surface area contributed by atoms with Crippen molar-refractivity contribution in [3.8, 4) is 0 Å². The van der Waals surface area contributed by atoms with Gasteiger partial charge in [0, 0.05) is 6.04 Å². The van der Waals surface area contributed by atoms with E-state index in [0.717, 1.165) is 12.6 Å². The lowest BCUT2D eigenvalue weighted by Crippen LogP contribution is -2.33. The molecule has 1 nitrogen and oxygen atoms in total. The summed E-state index contributed by atoms with van der Waals surface area (Å²) in [5.41, 5.74) is 0.484. The first-order chi connectivity index (χ1) is 7.72. The van der Waals surface area contributed by atoms with E-state index >= 15 is 0 Å². The van der Waals surface area contributed by atoms with E-state index in [9.17, 15) is 8.78 Å². The van der Waals surface area contributed by atoms with Gasteiger partial charge in [0.2, 0.25) is 0 Å². The van der Waals surface area contributed by atoms with E-state index in [1.54, 1.807) is 12.1 Å². The van der Waals surface area contributed by atoms with E-state index < -0.39 is 11.6 Å². The molecule has 1 aliphatic rings. The molecule has 0 heterocycles. The predicted molar refractivity (Wildman–Crippen MR) is 60.3 cm³/mol. The standard InChI is InChI=1S/C13H17F2N/c1-2-16-12(9-6-7-9)8-10-4-3-5-11(14)13(10)15/h3-5,9,12,16H,2,6-8H2,1H3. The van der Waals surface area contributed by atoms with Gasteiger partial charge in [0.1, 0.15) is 0 Å². The van der Waals surface area contributed by atoms with Crippen LogP contribution in [-0.2, 0) is 6.42 Å². The molecule has 0 spiro atoms. The van der Waals surface area contributed by atoms with Crippen molar-refractivity contribution < 1.29 is 8.78 Å². The molecule has 1 aromatic rings. The highest BCUT2D eigenvalue weighted by Crippen LogP contribution is 2.34. The van der Waals surface area contributed by atoms with Crippen LogP contribution in [0.3, 0.4) is 0 Å². The lowest BCUT2D eigenvalue weighted by Gasteiger charge is -2.17. The Bertz CT molecular complexity index is 361. The van der Waals surface area contributed by atoms with Gasteiger partial charge in [0.15, 0.2) is 11.6 Å². The highest BCUT2D eigenvalue weighted by Gasteiger charge is 2.31. The van der Waals surface area contributed by atoms with E-state index in [2.05, 4.69) is 5.32 Å². The van der Waals surface area contributed by atoms with Gasteiger partial charge in [-0.1, -0.05) is 19.1 Å². The number of likely N-dealkylation sites (N-methyl/N-ethyl adjacent to an activating group) is 1. The van der Waals surface area contributed by atoms with Crippen LogP contribution in [0.1, 0.15) is 25.3 Å². The van der Waals surface area contributed by atoms with Crippen LogP contribution in [0, 0.1) is 17.6 Å². The van der Waals surface area contributed by atoms with E-state index in [-0.39, 0.29) is 0 Å². The van der Waals surface area contributed by atoms with Crippen molar-refractivity contribution in [1.29, 1.82) is 0 Å². The number of hydrogen-bond acceptors (Lipinski definition) is 1. The summed E-state index contributed by atoms with van der Waals surface area (Å²) in [4.78, 5) is 0. The molecule has 16 heavy (non-hydrogen) atoms. The molecule has 2 rings (SSSR count). The van der Waals surface area contributed by atoms with Gasteiger partial charge in [-0.3, -0.25) is 0 Å². The van der Waals surface area contributed by atoms with Crippen molar-refractivity contribution in [2.24, 2.45) is 5.92 Å². The predicted octanol–water partition coefficient (Wildman–Crippen LogP) is 2.90. The maximum Gasteiger partial charge on any atom is 0.162 e. The lowest BCUT2D eigenvalue weighted by atomic mass is 10.0. The zero-order chi connectivity index (χ0) is 11.5. The van der Waals surface area contributed by atoms with E-state index in [4.69, 9.17) is 0 Å². The zero-order valence-electron chi connectivity index (χ0n) is 9.47. The molecule has 1 aromatic carbocycles. The summed E-state index contributed by atoms with van der Waals surface area (Å²) in [6.45, 7) is 2.91. The fraction of sp³-hybridized carbons (Fsp3) is 0.538. The number of benzene rings is 1. The second kappa shape index (κ2) is 4.91. The minimum absolute atomic E-state index is 0.293. The summed E-state index contributed by atoms with van der Waals surface area (Å²) in [5, 5.41) is 3.35. The third-order valence-electron chi connectivity index (χ3n) is 3.13. The van der Waals surface area contributed by atoms with Crippen LogP contribution in [0.15, 0.2) is 18.2 Å². The fourth-order valence-electron chi connectivity index (χ4n) is 2.11. The van der Waals surface area contributed by atoms with Gasteiger partial charge in [-0.25, -0.2) is 8.78 Å². The van der Waals surface area contributed by atoms with Gasteiger partial charge in [0.05, 0.1) is 0 Å². The Labute approximate surface area is 94.9 Å². The van der Waals surface area contributed by atoms with Gasteiger partial charge in [-0.2, -0.15) is 0 Å². The highest BCUT2D eigenvalue weighted by atomic mass is 19.2. The number of rotatable bonds is 5. The largest absolute Gasteiger partial charge is 0.314 e. The molecule has 0 amide bonds. The maximum atomic E-state index is 13.5. The molecule has 0 radical (unpaired) electrons. The monoisotopic (exact) mass is 225 g/mol. The third-order valence-corrected chi connectivity index (χ3v) is 3.13. The third kappa shape index (κ3) is 2.59. The van der Waals surface area contributed by atoms with Crippen LogP contribution in [0.2, 0.25) is 0 Å². The summed E-state index contributed by atoms with van der Waals surface area (Å²) in [7, 11) is 0. The minimum atomic E-state index is -0.747. The molecule has 0 saturated heterocycles. The van der Waals surface area contributed by atoms with Crippen molar-refractivity contribution >= 4 is 0 Å². The average molecular weight is 225 g/mol. The normalized spacial score (nSPS) is 17.4. The summed E-state index contributed by atoms with van der Waals surface area (Å²) in [6.07, 6.45) is 2.99. The van der Waals surface area contributed by atoms with Crippen LogP contribution in [0.5, 0.6) is 0 Å². The molecule has 1 saturated carbocycles. The second-order valence-corrected chi connectivity index (χ2v) is 4.42. The Morgan fingerprint density at radius 1 is 1.38 bits per heavy atom. The van der Waals surface area contributed by atoms with Crippen molar-refractivity contribution in [2.45, 2.75) is 32.2 Å². The smallest absolute Gasteiger partial charge is 0.162 e. The van der Waals surface area contributed by atoms with Gasteiger partial charge < -0.3 is 5.32 Å². The molecule has 1 atom stereocenters. The molecule has 0 bridgehead atoms. The quantitative estimate of drug-likeness (QED) is 0.812. The van der Waals surface area contributed by atoms with Crippen LogP contribution < -0.4 is 5.32 Å². The van der Waals surface area contributed by atoms with Crippen molar-refractivity contribution in [3.05, 3.63) is 35.4 Å². The van der Waals surface area contributed by atoms with Crippen LogP contribution in [0.4, 0.5) is 8.78 Å². The van der Waals surface area contributed by atoms with Crippen LogP contribution in [0.25, 0.3) is 0 Å². The summed E-state index contributed by atoms with van der Waals surface area (Å²) in [6, 6.07) is 4.70.